The Kier molecular flexibility index (Phi) is 3.63. The van der Waals surface area contributed by atoms with Gasteiger partial charge in [0, 0.05) is 30.9 Å². The number of hydrogen-bond donors (Lipinski definition) is 1. The van der Waals surface area contributed by atoms with E-state index in [1.165, 1.54) is 25.1 Å². The summed E-state index contributed by atoms with van der Waals surface area (Å²) in [6.45, 7) is 4.77. The molecule has 100 valence electrons. The molecular weight excluding hydrogens is 228 g/mol. The highest BCUT2D eigenvalue weighted by Gasteiger charge is 2.32. The highest BCUT2D eigenvalue weighted by Crippen LogP contribution is 2.23. The van der Waals surface area contributed by atoms with E-state index in [1.807, 2.05) is 12.5 Å². The summed E-state index contributed by atoms with van der Waals surface area (Å²) in [5, 5.41) is 0. The third kappa shape index (κ3) is 2.43. The van der Waals surface area contributed by atoms with Crippen LogP contribution in [0.5, 0.6) is 0 Å². The standard InChI is InChI=1S/C13H22N4O/c14-4-3-11-6-15-10-17(11)8-13-7-16-5-1-2-12(16)9-18-13/h6,10,12-13H,1-5,7-9,14H2. The lowest BCUT2D eigenvalue weighted by Gasteiger charge is -2.35. The van der Waals surface area contributed by atoms with Crippen LogP contribution in [0.15, 0.2) is 12.5 Å². The van der Waals surface area contributed by atoms with Crippen molar-refractivity contribution in [3.05, 3.63) is 18.2 Å². The largest absolute Gasteiger partial charge is 0.373 e. The Morgan fingerprint density at radius 1 is 1.50 bits per heavy atom. The van der Waals surface area contributed by atoms with Crippen LogP contribution in [0, 0.1) is 0 Å². The number of ether oxygens (including phenoxy) is 1. The summed E-state index contributed by atoms with van der Waals surface area (Å²) in [4.78, 5) is 6.79. The maximum absolute atomic E-state index is 5.98. The van der Waals surface area contributed by atoms with Gasteiger partial charge in [0.2, 0.25) is 0 Å². The Balaban J connectivity index is 1.60. The Morgan fingerprint density at radius 3 is 3.33 bits per heavy atom. The number of imidazole rings is 1. The smallest absolute Gasteiger partial charge is 0.0949 e. The SMILES string of the molecule is NCCc1cncn1CC1CN2CCCC2CO1. The topological polar surface area (TPSA) is 56.3 Å². The fourth-order valence-electron chi connectivity index (χ4n) is 3.08. The molecule has 2 aliphatic heterocycles. The van der Waals surface area contributed by atoms with E-state index in [0.29, 0.717) is 18.7 Å². The van der Waals surface area contributed by atoms with E-state index in [4.69, 9.17) is 10.5 Å². The van der Waals surface area contributed by atoms with E-state index in [2.05, 4.69) is 14.5 Å². The van der Waals surface area contributed by atoms with Gasteiger partial charge in [0.15, 0.2) is 0 Å². The number of morpholine rings is 1. The van der Waals surface area contributed by atoms with E-state index in [0.717, 1.165) is 26.1 Å². The Labute approximate surface area is 108 Å². The van der Waals surface area contributed by atoms with E-state index in [9.17, 15) is 0 Å². The summed E-state index contributed by atoms with van der Waals surface area (Å²) in [7, 11) is 0. The second-order valence-electron chi connectivity index (χ2n) is 5.32. The van der Waals surface area contributed by atoms with Gasteiger partial charge in [0.1, 0.15) is 0 Å². The monoisotopic (exact) mass is 250 g/mol. The third-order valence-corrected chi connectivity index (χ3v) is 4.06. The lowest BCUT2D eigenvalue weighted by Crippen LogP contribution is -2.47. The molecule has 2 unspecified atom stereocenters. The van der Waals surface area contributed by atoms with Gasteiger partial charge in [0.25, 0.3) is 0 Å². The van der Waals surface area contributed by atoms with E-state index >= 15 is 0 Å². The Morgan fingerprint density at radius 2 is 2.44 bits per heavy atom. The summed E-state index contributed by atoms with van der Waals surface area (Å²) >= 11 is 0. The lowest BCUT2D eigenvalue weighted by molar-refractivity contribution is -0.0554. The van der Waals surface area contributed by atoms with Crippen LogP contribution in [0.2, 0.25) is 0 Å². The molecule has 1 aromatic rings. The summed E-state index contributed by atoms with van der Waals surface area (Å²) in [5.74, 6) is 0. The first-order valence-corrected chi connectivity index (χ1v) is 6.91. The van der Waals surface area contributed by atoms with Crippen LogP contribution < -0.4 is 5.73 Å². The van der Waals surface area contributed by atoms with Crippen molar-refractivity contribution >= 4 is 0 Å². The molecule has 0 aromatic carbocycles. The van der Waals surface area contributed by atoms with Gasteiger partial charge in [-0.25, -0.2) is 4.98 Å². The molecule has 2 saturated heterocycles. The first kappa shape index (κ1) is 12.1. The maximum Gasteiger partial charge on any atom is 0.0949 e. The highest BCUT2D eigenvalue weighted by atomic mass is 16.5. The minimum Gasteiger partial charge on any atom is -0.373 e. The quantitative estimate of drug-likeness (QED) is 0.832. The molecule has 5 heteroatoms. The molecule has 2 N–H and O–H groups in total. The van der Waals surface area contributed by atoms with Crippen LogP contribution in [0.25, 0.3) is 0 Å². The van der Waals surface area contributed by atoms with Gasteiger partial charge in [0.05, 0.1) is 25.6 Å². The zero-order chi connectivity index (χ0) is 12.4. The Bertz CT molecular complexity index is 392. The third-order valence-electron chi connectivity index (χ3n) is 4.06. The molecule has 0 bridgehead atoms. The van der Waals surface area contributed by atoms with Crippen LogP contribution in [-0.2, 0) is 17.7 Å². The maximum atomic E-state index is 5.98. The molecule has 2 atom stereocenters. The van der Waals surface area contributed by atoms with Crippen LogP contribution in [0.4, 0.5) is 0 Å². The van der Waals surface area contributed by atoms with Crippen molar-refractivity contribution in [3.63, 3.8) is 0 Å². The van der Waals surface area contributed by atoms with Gasteiger partial charge >= 0.3 is 0 Å². The normalized spacial score (nSPS) is 28.5. The first-order chi connectivity index (χ1) is 8.86. The molecular formula is C13H22N4O. The zero-order valence-corrected chi connectivity index (χ0v) is 10.8. The summed E-state index contributed by atoms with van der Waals surface area (Å²) in [6, 6.07) is 0.674. The second kappa shape index (κ2) is 5.38. The fraction of sp³-hybridized carbons (Fsp3) is 0.769. The lowest BCUT2D eigenvalue weighted by atomic mass is 10.2. The van der Waals surface area contributed by atoms with E-state index in [1.54, 1.807) is 0 Å². The molecule has 0 aliphatic carbocycles. The average Bonchev–Trinajstić information content (AvgIpc) is 2.99. The molecule has 3 rings (SSSR count). The van der Waals surface area contributed by atoms with Gasteiger partial charge in [-0.2, -0.15) is 0 Å². The number of fused-ring (bicyclic) bond motifs is 1. The van der Waals surface area contributed by atoms with Crippen LogP contribution in [0.3, 0.4) is 0 Å². The summed E-state index contributed by atoms with van der Waals surface area (Å²) in [6.07, 6.45) is 7.61. The molecule has 18 heavy (non-hydrogen) atoms. The predicted octanol–water partition coefficient (Wildman–Crippen LogP) is 0.247. The Hall–Kier alpha value is -0.910. The van der Waals surface area contributed by atoms with Crippen molar-refractivity contribution in [2.45, 2.75) is 38.0 Å². The average molecular weight is 250 g/mol. The minimum absolute atomic E-state index is 0.296. The van der Waals surface area contributed by atoms with Crippen LogP contribution in [0.1, 0.15) is 18.5 Å². The number of nitrogens with zero attached hydrogens (tertiary/aromatic N) is 3. The minimum atomic E-state index is 0.296. The molecule has 5 nitrogen and oxygen atoms in total. The van der Waals surface area contributed by atoms with Crippen LogP contribution >= 0.6 is 0 Å². The number of hydrogen-bond acceptors (Lipinski definition) is 4. The predicted molar refractivity (Wildman–Crippen MR) is 69.3 cm³/mol. The molecule has 2 fully saturated rings. The molecule has 3 heterocycles. The second-order valence-corrected chi connectivity index (χ2v) is 5.32. The molecule has 0 amide bonds. The summed E-state index contributed by atoms with van der Waals surface area (Å²) < 4.78 is 8.17. The van der Waals surface area contributed by atoms with Crippen molar-refractivity contribution in [2.24, 2.45) is 5.73 Å². The molecule has 0 spiro atoms. The van der Waals surface area contributed by atoms with Gasteiger partial charge in [-0.15, -0.1) is 0 Å². The number of aromatic nitrogens is 2. The van der Waals surface area contributed by atoms with Crippen molar-refractivity contribution in [1.29, 1.82) is 0 Å². The first-order valence-electron chi connectivity index (χ1n) is 6.91. The van der Waals surface area contributed by atoms with E-state index < -0.39 is 0 Å². The van der Waals surface area contributed by atoms with E-state index in [-0.39, 0.29) is 0 Å². The molecule has 2 aliphatic rings. The van der Waals surface area contributed by atoms with Gasteiger partial charge < -0.3 is 15.0 Å². The van der Waals surface area contributed by atoms with Gasteiger partial charge in [-0.3, -0.25) is 4.90 Å². The zero-order valence-electron chi connectivity index (χ0n) is 10.8. The van der Waals surface area contributed by atoms with Gasteiger partial charge in [-0.05, 0) is 25.9 Å². The fourth-order valence-corrected chi connectivity index (χ4v) is 3.08. The number of rotatable bonds is 4. The van der Waals surface area contributed by atoms with Gasteiger partial charge in [-0.1, -0.05) is 0 Å². The van der Waals surface area contributed by atoms with Crippen molar-refractivity contribution in [3.8, 4) is 0 Å². The van der Waals surface area contributed by atoms with Crippen molar-refractivity contribution in [1.82, 2.24) is 14.5 Å². The van der Waals surface area contributed by atoms with Crippen molar-refractivity contribution < 1.29 is 4.74 Å². The molecule has 0 radical (unpaired) electrons. The number of nitrogens with two attached hydrogens (primary N) is 1. The molecule has 1 aromatic heterocycles. The van der Waals surface area contributed by atoms with Crippen LogP contribution in [-0.4, -0.2) is 52.8 Å². The molecule has 0 saturated carbocycles. The van der Waals surface area contributed by atoms with Crippen molar-refractivity contribution in [2.75, 3.05) is 26.2 Å². The highest BCUT2D eigenvalue weighted by molar-refractivity contribution is 4.99. The summed E-state index contributed by atoms with van der Waals surface area (Å²) in [5.41, 5.74) is 6.82.